The van der Waals surface area contributed by atoms with E-state index in [2.05, 4.69) is 21.4 Å². The van der Waals surface area contributed by atoms with Crippen LogP contribution in [0.2, 0.25) is 0 Å². The average molecular weight is 297 g/mol. The third kappa shape index (κ3) is 1.97. The van der Waals surface area contributed by atoms with E-state index in [0.29, 0.717) is 0 Å². The van der Waals surface area contributed by atoms with Gasteiger partial charge in [0.2, 0.25) is 5.16 Å². The molecule has 4 rings (SSSR count). The van der Waals surface area contributed by atoms with Gasteiger partial charge in [-0.25, -0.2) is 4.98 Å². The Labute approximate surface area is 124 Å². The number of hydrogen-bond donors (Lipinski definition) is 0. The van der Waals surface area contributed by atoms with Crippen molar-refractivity contribution in [3.05, 3.63) is 35.7 Å². The molecule has 6 nitrogen and oxygen atoms in total. The fraction of sp³-hybridized carbons (Fsp3) is 0.143. The monoisotopic (exact) mass is 297 g/mol. The number of pyridine rings is 1. The summed E-state index contributed by atoms with van der Waals surface area (Å²) in [7, 11) is 1.66. The van der Waals surface area contributed by atoms with Crippen LogP contribution in [0.4, 0.5) is 0 Å². The van der Waals surface area contributed by atoms with Crippen LogP contribution >= 0.6 is 11.8 Å². The van der Waals surface area contributed by atoms with Crippen LogP contribution in [0.3, 0.4) is 0 Å². The van der Waals surface area contributed by atoms with Crippen LogP contribution in [-0.2, 0) is 0 Å². The van der Waals surface area contributed by atoms with Gasteiger partial charge in [-0.1, -0.05) is 0 Å². The predicted octanol–water partition coefficient (Wildman–Crippen LogP) is 2.49. The minimum atomic E-state index is 0.725. The number of rotatable bonds is 1. The average Bonchev–Trinajstić information content (AvgIpc) is 2.75. The van der Waals surface area contributed by atoms with Crippen LogP contribution in [0, 0.1) is 6.92 Å². The molecule has 1 aliphatic heterocycles. The van der Waals surface area contributed by atoms with Crippen LogP contribution in [0.25, 0.3) is 10.9 Å². The summed E-state index contributed by atoms with van der Waals surface area (Å²) >= 11 is 1.47. The quantitative estimate of drug-likeness (QED) is 0.540. The van der Waals surface area contributed by atoms with Crippen molar-refractivity contribution >= 4 is 28.9 Å². The van der Waals surface area contributed by atoms with Gasteiger partial charge in [-0.15, -0.1) is 10.2 Å². The molecular formula is C14H11N5OS. The lowest BCUT2D eigenvalue weighted by molar-refractivity contribution is 0.415. The summed E-state index contributed by atoms with van der Waals surface area (Å²) in [6, 6.07) is 7.89. The summed E-state index contributed by atoms with van der Waals surface area (Å²) in [4.78, 5) is 4.69. The van der Waals surface area contributed by atoms with Gasteiger partial charge in [-0.05, 0) is 43.0 Å². The van der Waals surface area contributed by atoms with Gasteiger partial charge in [0.15, 0.2) is 5.82 Å². The molecule has 1 aromatic carbocycles. The van der Waals surface area contributed by atoms with Crippen molar-refractivity contribution < 1.29 is 4.74 Å². The maximum absolute atomic E-state index is 5.26. The summed E-state index contributed by atoms with van der Waals surface area (Å²) in [6.45, 7) is 1.87. The first-order valence-corrected chi connectivity index (χ1v) is 7.19. The minimum absolute atomic E-state index is 0.725. The van der Waals surface area contributed by atoms with E-state index in [1.807, 2.05) is 25.1 Å². The maximum Gasteiger partial charge on any atom is 0.218 e. The number of nitrogens with zero attached hydrogens (tertiary/aromatic N) is 5. The molecule has 2 aromatic heterocycles. The van der Waals surface area contributed by atoms with Crippen molar-refractivity contribution in [3.63, 3.8) is 0 Å². The molecule has 0 atom stereocenters. The Morgan fingerprint density at radius 1 is 1.19 bits per heavy atom. The molecule has 1 aliphatic rings. The van der Waals surface area contributed by atoms with Crippen LogP contribution in [0.5, 0.6) is 5.75 Å². The highest BCUT2D eigenvalue weighted by Gasteiger charge is 2.17. The standard InChI is InChI=1S/C14H11N5OS/c1-8-17-18-14-19(8)15-7-10-5-9-6-11(20-2)3-4-12(9)16-13(10)21-14/h3-7H,1-2H3. The number of fused-ring (bicyclic) bond motifs is 3. The molecule has 0 saturated heterocycles. The van der Waals surface area contributed by atoms with Crippen LogP contribution in [-0.4, -0.2) is 33.2 Å². The van der Waals surface area contributed by atoms with Gasteiger partial charge >= 0.3 is 0 Å². The van der Waals surface area contributed by atoms with Gasteiger partial charge < -0.3 is 4.74 Å². The Hall–Kier alpha value is -2.41. The Bertz CT molecular complexity index is 886. The molecule has 104 valence electrons. The molecule has 3 aromatic rings. The summed E-state index contributed by atoms with van der Waals surface area (Å²) in [5.41, 5.74) is 1.88. The fourth-order valence-electron chi connectivity index (χ4n) is 2.20. The molecule has 0 bridgehead atoms. The lowest BCUT2D eigenvalue weighted by Crippen LogP contribution is -1.93. The van der Waals surface area contributed by atoms with Crippen molar-refractivity contribution in [2.75, 3.05) is 7.11 Å². The van der Waals surface area contributed by atoms with Crippen molar-refractivity contribution in [1.29, 1.82) is 0 Å². The number of methoxy groups -OCH3 is 1. The normalized spacial score (nSPS) is 12.9. The van der Waals surface area contributed by atoms with Crippen LogP contribution in [0.1, 0.15) is 11.4 Å². The lowest BCUT2D eigenvalue weighted by Gasteiger charge is -2.05. The van der Waals surface area contributed by atoms with Gasteiger partial charge in [0.1, 0.15) is 10.8 Å². The van der Waals surface area contributed by atoms with E-state index in [4.69, 9.17) is 9.72 Å². The number of hydrogen-bond acceptors (Lipinski definition) is 6. The van der Waals surface area contributed by atoms with E-state index in [0.717, 1.165) is 38.2 Å². The molecule has 0 unspecified atom stereocenters. The SMILES string of the molecule is COc1ccc2nc3c(cc2c1)C=Nn1c(C)nnc1S3. The van der Waals surface area contributed by atoms with Crippen molar-refractivity contribution in [3.8, 4) is 5.75 Å². The Kier molecular flexibility index (Phi) is 2.68. The smallest absolute Gasteiger partial charge is 0.218 e. The first-order chi connectivity index (χ1) is 10.2. The molecule has 0 spiro atoms. The Balaban J connectivity index is 1.91. The molecule has 0 aliphatic carbocycles. The third-order valence-electron chi connectivity index (χ3n) is 3.28. The first kappa shape index (κ1) is 12.3. The van der Waals surface area contributed by atoms with Crippen molar-refractivity contribution in [2.24, 2.45) is 5.10 Å². The molecule has 3 heterocycles. The largest absolute Gasteiger partial charge is 0.497 e. The zero-order valence-electron chi connectivity index (χ0n) is 11.4. The molecule has 0 saturated carbocycles. The number of aromatic nitrogens is 4. The van der Waals surface area contributed by atoms with Gasteiger partial charge in [0, 0.05) is 10.9 Å². The highest BCUT2D eigenvalue weighted by atomic mass is 32.2. The number of benzene rings is 1. The molecular weight excluding hydrogens is 286 g/mol. The second-order valence-electron chi connectivity index (χ2n) is 4.63. The molecule has 0 fully saturated rings. The van der Waals surface area contributed by atoms with E-state index in [-0.39, 0.29) is 0 Å². The molecule has 21 heavy (non-hydrogen) atoms. The molecule has 0 N–H and O–H groups in total. The Morgan fingerprint density at radius 3 is 2.95 bits per heavy atom. The Morgan fingerprint density at radius 2 is 2.10 bits per heavy atom. The topological polar surface area (TPSA) is 65.2 Å². The predicted molar refractivity (Wildman–Crippen MR) is 80.2 cm³/mol. The fourth-order valence-corrected chi connectivity index (χ4v) is 3.09. The molecule has 7 heteroatoms. The van der Waals surface area contributed by atoms with E-state index in [1.165, 1.54) is 11.8 Å². The summed E-state index contributed by atoms with van der Waals surface area (Å²) in [6.07, 6.45) is 1.79. The zero-order valence-corrected chi connectivity index (χ0v) is 12.3. The van der Waals surface area contributed by atoms with Crippen molar-refractivity contribution in [2.45, 2.75) is 17.1 Å². The van der Waals surface area contributed by atoms with Gasteiger partial charge in [-0.2, -0.15) is 9.78 Å². The maximum atomic E-state index is 5.26. The number of ether oxygens (including phenoxy) is 1. The third-order valence-corrected chi connectivity index (χ3v) is 4.24. The molecule has 0 radical (unpaired) electrons. The van der Waals surface area contributed by atoms with Crippen LogP contribution < -0.4 is 4.74 Å². The molecule has 0 amide bonds. The highest BCUT2D eigenvalue weighted by molar-refractivity contribution is 7.99. The summed E-state index contributed by atoms with van der Waals surface area (Å²) in [5.74, 6) is 1.57. The highest BCUT2D eigenvalue weighted by Crippen LogP contribution is 2.32. The zero-order chi connectivity index (χ0) is 14.4. The van der Waals surface area contributed by atoms with Gasteiger partial charge in [-0.3, -0.25) is 0 Å². The minimum Gasteiger partial charge on any atom is -0.497 e. The van der Waals surface area contributed by atoms with E-state index in [1.54, 1.807) is 18.0 Å². The van der Waals surface area contributed by atoms with Crippen LogP contribution in [0.15, 0.2) is 39.5 Å². The summed E-state index contributed by atoms with van der Waals surface area (Å²) in [5, 5.41) is 15.2. The van der Waals surface area contributed by atoms with E-state index >= 15 is 0 Å². The van der Waals surface area contributed by atoms with E-state index < -0.39 is 0 Å². The van der Waals surface area contributed by atoms with Crippen molar-refractivity contribution in [1.82, 2.24) is 19.9 Å². The summed E-state index contributed by atoms with van der Waals surface area (Å²) < 4.78 is 6.98. The first-order valence-electron chi connectivity index (χ1n) is 6.37. The lowest BCUT2D eigenvalue weighted by atomic mass is 10.1. The van der Waals surface area contributed by atoms with E-state index in [9.17, 15) is 0 Å². The van der Waals surface area contributed by atoms with Gasteiger partial charge in [0.05, 0.1) is 18.8 Å². The van der Waals surface area contributed by atoms with Gasteiger partial charge in [0.25, 0.3) is 0 Å². The number of aryl methyl sites for hydroxylation is 1. The second kappa shape index (κ2) is 4.56. The second-order valence-corrected chi connectivity index (χ2v) is 5.59.